The first-order valence-corrected chi connectivity index (χ1v) is 6.80. The number of halogens is 1. The van der Waals surface area contributed by atoms with E-state index in [-0.39, 0.29) is 0 Å². The number of rotatable bonds is 8. The maximum absolute atomic E-state index is 6.02. The second-order valence-electron chi connectivity index (χ2n) is 4.43. The molecule has 1 atom stereocenters. The average molecular weight is 272 g/mol. The number of nitrogen functional groups attached to an aromatic ring is 1. The largest absolute Gasteiger partial charge is 0.366 e. The molecule has 5 nitrogen and oxygen atoms in total. The van der Waals surface area contributed by atoms with Crippen LogP contribution in [0.4, 0.5) is 11.8 Å². The van der Waals surface area contributed by atoms with Crippen molar-refractivity contribution in [3.63, 3.8) is 0 Å². The van der Waals surface area contributed by atoms with Crippen LogP contribution in [0.25, 0.3) is 0 Å². The standard InChI is InChI=1S/C12H22ClN5/c1-3-4-5-6-7-9(2)16-11-10(13)8-15-12(17-11)18-14/h8-9H,3-7,14H2,1-2H3,(H2,15,16,17,18). The third-order valence-corrected chi connectivity index (χ3v) is 3.02. The Balaban J connectivity index is 2.45. The molecule has 1 aromatic heterocycles. The fourth-order valence-corrected chi connectivity index (χ4v) is 1.87. The summed E-state index contributed by atoms with van der Waals surface area (Å²) >= 11 is 6.02. The van der Waals surface area contributed by atoms with Crippen molar-refractivity contribution in [2.75, 3.05) is 10.7 Å². The highest BCUT2D eigenvalue weighted by atomic mass is 35.5. The molecule has 1 rings (SSSR count). The summed E-state index contributed by atoms with van der Waals surface area (Å²) in [7, 11) is 0. The molecule has 0 radical (unpaired) electrons. The number of hydrazine groups is 1. The van der Waals surface area contributed by atoms with Crippen molar-refractivity contribution in [3.05, 3.63) is 11.2 Å². The highest BCUT2D eigenvalue weighted by Gasteiger charge is 2.08. The quantitative estimate of drug-likeness (QED) is 0.385. The van der Waals surface area contributed by atoms with E-state index in [1.807, 2.05) is 0 Å². The Morgan fingerprint density at radius 1 is 1.39 bits per heavy atom. The van der Waals surface area contributed by atoms with Gasteiger partial charge in [0, 0.05) is 6.04 Å². The van der Waals surface area contributed by atoms with Gasteiger partial charge < -0.3 is 5.32 Å². The number of hydrogen-bond donors (Lipinski definition) is 3. The fourth-order valence-electron chi connectivity index (χ4n) is 1.72. The van der Waals surface area contributed by atoms with E-state index < -0.39 is 0 Å². The second kappa shape index (κ2) is 8.11. The van der Waals surface area contributed by atoms with Crippen LogP contribution in [0.1, 0.15) is 46.0 Å². The topological polar surface area (TPSA) is 75.9 Å². The van der Waals surface area contributed by atoms with Crippen LogP contribution in [0.2, 0.25) is 5.02 Å². The summed E-state index contributed by atoms with van der Waals surface area (Å²) in [6.07, 6.45) is 7.68. The molecule has 0 aliphatic carbocycles. The van der Waals surface area contributed by atoms with Crippen molar-refractivity contribution in [1.82, 2.24) is 9.97 Å². The van der Waals surface area contributed by atoms with Gasteiger partial charge in [-0.25, -0.2) is 10.8 Å². The van der Waals surface area contributed by atoms with Crippen molar-refractivity contribution in [2.24, 2.45) is 5.84 Å². The minimum atomic E-state index is 0.333. The zero-order valence-corrected chi connectivity index (χ0v) is 11.8. The van der Waals surface area contributed by atoms with Gasteiger partial charge in [-0.2, -0.15) is 4.98 Å². The summed E-state index contributed by atoms with van der Waals surface area (Å²) in [6.45, 7) is 4.34. The molecule has 0 aromatic carbocycles. The zero-order valence-electron chi connectivity index (χ0n) is 11.0. The predicted octanol–water partition coefficient (Wildman–Crippen LogP) is 3.19. The van der Waals surface area contributed by atoms with E-state index in [0.717, 1.165) is 6.42 Å². The lowest BCUT2D eigenvalue weighted by atomic mass is 10.1. The van der Waals surface area contributed by atoms with E-state index in [4.69, 9.17) is 17.4 Å². The Hall–Kier alpha value is -1.07. The van der Waals surface area contributed by atoms with Gasteiger partial charge in [0.05, 0.1) is 6.20 Å². The van der Waals surface area contributed by atoms with E-state index >= 15 is 0 Å². The van der Waals surface area contributed by atoms with Crippen LogP contribution in [-0.2, 0) is 0 Å². The molecule has 0 amide bonds. The van der Waals surface area contributed by atoms with Gasteiger partial charge in [0.15, 0.2) is 5.82 Å². The summed E-state index contributed by atoms with van der Waals surface area (Å²) in [5.41, 5.74) is 2.41. The van der Waals surface area contributed by atoms with Crippen molar-refractivity contribution >= 4 is 23.4 Å². The van der Waals surface area contributed by atoms with E-state index in [1.54, 1.807) is 0 Å². The number of nitrogens with zero attached hydrogens (tertiary/aromatic N) is 2. The molecule has 0 saturated heterocycles. The third-order valence-electron chi connectivity index (χ3n) is 2.75. The van der Waals surface area contributed by atoms with Crippen LogP contribution >= 0.6 is 11.6 Å². The van der Waals surface area contributed by atoms with Gasteiger partial charge in [0.1, 0.15) is 5.02 Å². The Morgan fingerprint density at radius 3 is 2.83 bits per heavy atom. The van der Waals surface area contributed by atoms with E-state index in [1.165, 1.54) is 31.9 Å². The van der Waals surface area contributed by atoms with Crippen molar-refractivity contribution in [1.29, 1.82) is 0 Å². The monoisotopic (exact) mass is 271 g/mol. The first kappa shape index (κ1) is 15.0. The van der Waals surface area contributed by atoms with E-state index in [0.29, 0.717) is 22.8 Å². The molecule has 18 heavy (non-hydrogen) atoms. The van der Waals surface area contributed by atoms with Gasteiger partial charge in [0.25, 0.3) is 0 Å². The van der Waals surface area contributed by atoms with Crippen LogP contribution in [0.15, 0.2) is 6.20 Å². The third kappa shape index (κ3) is 5.06. The maximum atomic E-state index is 6.02. The average Bonchev–Trinajstić information content (AvgIpc) is 2.37. The molecular formula is C12H22ClN5. The van der Waals surface area contributed by atoms with Crippen molar-refractivity contribution in [2.45, 2.75) is 52.0 Å². The lowest BCUT2D eigenvalue weighted by molar-refractivity contribution is 0.593. The molecule has 6 heteroatoms. The molecule has 0 saturated carbocycles. The molecule has 1 aromatic rings. The van der Waals surface area contributed by atoms with Gasteiger partial charge >= 0.3 is 0 Å². The van der Waals surface area contributed by atoms with Gasteiger partial charge in [-0.05, 0) is 13.3 Å². The van der Waals surface area contributed by atoms with Crippen LogP contribution in [-0.4, -0.2) is 16.0 Å². The molecule has 1 unspecified atom stereocenters. The van der Waals surface area contributed by atoms with Crippen molar-refractivity contribution < 1.29 is 0 Å². The molecule has 4 N–H and O–H groups in total. The summed E-state index contributed by atoms with van der Waals surface area (Å²) < 4.78 is 0. The molecular weight excluding hydrogens is 250 g/mol. The first-order chi connectivity index (χ1) is 8.67. The number of nitrogens with two attached hydrogens (primary N) is 1. The molecule has 0 aliphatic rings. The van der Waals surface area contributed by atoms with Gasteiger partial charge in [0.2, 0.25) is 5.95 Å². The Bertz CT molecular complexity index is 358. The Morgan fingerprint density at radius 2 is 2.17 bits per heavy atom. The van der Waals surface area contributed by atoms with E-state index in [2.05, 4.69) is 34.6 Å². The molecule has 102 valence electrons. The second-order valence-corrected chi connectivity index (χ2v) is 4.84. The summed E-state index contributed by atoms with van der Waals surface area (Å²) in [5, 5.41) is 3.79. The summed E-state index contributed by atoms with van der Waals surface area (Å²) in [4.78, 5) is 8.12. The molecule has 1 heterocycles. The van der Waals surface area contributed by atoms with Gasteiger partial charge in [-0.1, -0.05) is 44.2 Å². The Kier molecular flexibility index (Phi) is 6.75. The summed E-state index contributed by atoms with van der Waals surface area (Å²) in [5.74, 6) is 6.26. The lowest BCUT2D eigenvalue weighted by Crippen LogP contribution is -2.18. The molecule has 0 aliphatic heterocycles. The highest BCUT2D eigenvalue weighted by molar-refractivity contribution is 6.32. The number of unbranched alkanes of at least 4 members (excludes halogenated alkanes) is 3. The Labute approximate surface area is 114 Å². The minimum Gasteiger partial charge on any atom is -0.366 e. The minimum absolute atomic E-state index is 0.333. The molecule has 0 spiro atoms. The zero-order chi connectivity index (χ0) is 13.4. The van der Waals surface area contributed by atoms with Gasteiger partial charge in [-0.15, -0.1) is 0 Å². The van der Waals surface area contributed by atoms with Crippen LogP contribution in [0, 0.1) is 0 Å². The number of hydrogen-bond acceptors (Lipinski definition) is 5. The number of nitrogens with one attached hydrogen (secondary N) is 2. The highest BCUT2D eigenvalue weighted by Crippen LogP contribution is 2.20. The smallest absolute Gasteiger partial charge is 0.239 e. The molecule has 0 bridgehead atoms. The number of anilines is 2. The summed E-state index contributed by atoms with van der Waals surface area (Å²) in [6, 6.07) is 0.333. The lowest BCUT2D eigenvalue weighted by Gasteiger charge is -2.15. The van der Waals surface area contributed by atoms with E-state index in [9.17, 15) is 0 Å². The maximum Gasteiger partial charge on any atom is 0.239 e. The van der Waals surface area contributed by atoms with Crippen molar-refractivity contribution in [3.8, 4) is 0 Å². The van der Waals surface area contributed by atoms with Crippen LogP contribution in [0.5, 0.6) is 0 Å². The normalized spacial score (nSPS) is 12.2. The SMILES string of the molecule is CCCCCCC(C)Nc1nc(NN)ncc1Cl. The first-order valence-electron chi connectivity index (χ1n) is 6.43. The predicted molar refractivity (Wildman–Crippen MR) is 76.7 cm³/mol. The molecule has 0 fully saturated rings. The fraction of sp³-hybridized carbons (Fsp3) is 0.667. The van der Waals surface area contributed by atoms with Crippen LogP contribution in [0.3, 0.4) is 0 Å². The van der Waals surface area contributed by atoms with Crippen LogP contribution < -0.4 is 16.6 Å². The van der Waals surface area contributed by atoms with Gasteiger partial charge in [-0.3, -0.25) is 5.43 Å². The number of aromatic nitrogens is 2.